The molecule has 0 aliphatic carbocycles. The van der Waals surface area contributed by atoms with Crippen LogP contribution < -0.4 is 5.73 Å². The highest BCUT2D eigenvalue weighted by molar-refractivity contribution is 5.84. The second-order valence-electron chi connectivity index (χ2n) is 6.80. The van der Waals surface area contributed by atoms with Gasteiger partial charge in [-0.2, -0.15) is 0 Å². The van der Waals surface area contributed by atoms with Gasteiger partial charge in [0.05, 0.1) is 24.6 Å². The highest BCUT2D eigenvalue weighted by Crippen LogP contribution is 2.31. The number of rotatable bonds is 4. The van der Waals surface area contributed by atoms with Crippen molar-refractivity contribution in [3.05, 3.63) is 78.5 Å². The van der Waals surface area contributed by atoms with E-state index in [9.17, 15) is 9.50 Å². The zero-order valence-corrected chi connectivity index (χ0v) is 16.1. The molecule has 5 rings (SSSR count). The van der Waals surface area contributed by atoms with Gasteiger partial charge in [-0.05, 0) is 42.0 Å². The Labute approximate surface area is 175 Å². The Bertz CT molecular complexity index is 1380. The van der Waals surface area contributed by atoms with Gasteiger partial charge in [-0.25, -0.2) is 29.3 Å². The number of anilines is 1. The molecule has 4 aromatic heterocycles. The van der Waals surface area contributed by atoms with E-state index in [1.54, 1.807) is 24.4 Å². The SMILES string of the molecule is Nc1ncccc1-c1nc2ccc(-c3ncc(F)cn3)nc2n1-c1ccc(CO)cc1. The molecular weight excluding hydrogens is 397 g/mol. The summed E-state index contributed by atoms with van der Waals surface area (Å²) in [4.78, 5) is 21.7. The fourth-order valence-electron chi connectivity index (χ4n) is 3.31. The first-order valence-electron chi connectivity index (χ1n) is 9.42. The van der Waals surface area contributed by atoms with Crippen LogP contribution in [0, 0.1) is 5.82 Å². The molecule has 4 heterocycles. The minimum Gasteiger partial charge on any atom is -0.392 e. The number of fused-ring (bicyclic) bond motifs is 1. The van der Waals surface area contributed by atoms with Crippen LogP contribution in [0.1, 0.15) is 5.56 Å². The molecule has 0 aliphatic rings. The minimum absolute atomic E-state index is 0.0579. The molecule has 0 saturated carbocycles. The molecule has 0 unspecified atom stereocenters. The quantitative estimate of drug-likeness (QED) is 0.465. The number of benzene rings is 1. The lowest BCUT2D eigenvalue weighted by atomic mass is 10.2. The molecule has 0 radical (unpaired) electrons. The topological polar surface area (TPSA) is 116 Å². The number of hydrogen-bond donors (Lipinski definition) is 2. The molecular formula is C22H16FN7O. The van der Waals surface area contributed by atoms with Crippen LogP contribution in [0.5, 0.6) is 0 Å². The van der Waals surface area contributed by atoms with Gasteiger partial charge >= 0.3 is 0 Å². The molecule has 0 amide bonds. The number of hydrogen-bond acceptors (Lipinski definition) is 7. The third-order valence-corrected chi connectivity index (χ3v) is 4.81. The van der Waals surface area contributed by atoms with E-state index in [1.165, 1.54) is 0 Å². The van der Waals surface area contributed by atoms with Gasteiger partial charge in [0.1, 0.15) is 17.0 Å². The fraction of sp³-hybridized carbons (Fsp3) is 0.0455. The summed E-state index contributed by atoms with van der Waals surface area (Å²) in [5.74, 6) is 0.692. The number of nitrogens with two attached hydrogens (primary N) is 1. The monoisotopic (exact) mass is 413 g/mol. The van der Waals surface area contributed by atoms with Crippen LogP contribution in [0.2, 0.25) is 0 Å². The number of aliphatic hydroxyl groups is 1. The van der Waals surface area contributed by atoms with Gasteiger partial charge in [0.25, 0.3) is 0 Å². The molecule has 0 aliphatic heterocycles. The summed E-state index contributed by atoms with van der Waals surface area (Å²) in [7, 11) is 0. The van der Waals surface area contributed by atoms with Crippen molar-refractivity contribution in [2.45, 2.75) is 6.61 Å². The normalized spacial score (nSPS) is 11.2. The molecule has 1 aromatic carbocycles. The molecule has 0 bridgehead atoms. The Morgan fingerprint density at radius 2 is 1.71 bits per heavy atom. The van der Waals surface area contributed by atoms with Crippen molar-refractivity contribution in [3.63, 3.8) is 0 Å². The van der Waals surface area contributed by atoms with Crippen LogP contribution in [-0.4, -0.2) is 34.6 Å². The van der Waals surface area contributed by atoms with E-state index in [0.717, 1.165) is 23.6 Å². The number of nitrogens with zero attached hydrogens (tertiary/aromatic N) is 6. The first-order chi connectivity index (χ1) is 15.1. The highest BCUT2D eigenvalue weighted by Gasteiger charge is 2.19. The molecule has 0 saturated heterocycles. The van der Waals surface area contributed by atoms with Gasteiger partial charge < -0.3 is 10.8 Å². The molecule has 0 spiro atoms. The average Bonchev–Trinajstić information content (AvgIpc) is 3.18. The first kappa shape index (κ1) is 18.8. The van der Waals surface area contributed by atoms with E-state index >= 15 is 0 Å². The zero-order valence-electron chi connectivity index (χ0n) is 16.1. The largest absolute Gasteiger partial charge is 0.392 e. The number of aliphatic hydroxyl groups excluding tert-OH is 1. The molecule has 9 heteroatoms. The molecule has 31 heavy (non-hydrogen) atoms. The smallest absolute Gasteiger partial charge is 0.178 e. The van der Waals surface area contributed by atoms with Crippen LogP contribution in [0.3, 0.4) is 0 Å². The lowest BCUT2D eigenvalue weighted by molar-refractivity contribution is 0.282. The number of pyridine rings is 2. The van der Waals surface area contributed by atoms with Gasteiger partial charge in [-0.1, -0.05) is 12.1 Å². The Kier molecular flexibility index (Phi) is 4.57. The molecule has 0 atom stereocenters. The Hall–Kier alpha value is -4.24. The Morgan fingerprint density at radius 1 is 0.935 bits per heavy atom. The van der Waals surface area contributed by atoms with Crippen LogP contribution in [0.15, 0.2) is 67.1 Å². The summed E-state index contributed by atoms with van der Waals surface area (Å²) in [6, 6.07) is 14.5. The Morgan fingerprint density at radius 3 is 2.42 bits per heavy atom. The Balaban J connectivity index is 1.77. The van der Waals surface area contributed by atoms with Gasteiger partial charge in [0.15, 0.2) is 23.1 Å². The summed E-state index contributed by atoms with van der Waals surface area (Å²) in [5.41, 5.74) is 10.0. The van der Waals surface area contributed by atoms with E-state index in [-0.39, 0.29) is 6.61 Å². The molecule has 0 fully saturated rings. The van der Waals surface area contributed by atoms with E-state index in [1.807, 2.05) is 34.9 Å². The van der Waals surface area contributed by atoms with Crippen molar-refractivity contribution >= 4 is 17.0 Å². The summed E-state index contributed by atoms with van der Waals surface area (Å²) in [5, 5.41) is 9.38. The lowest BCUT2D eigenvalue weighted by Crippen LogP contribution is -2.02. The average molecular weight is 413 g/mol. The minimum atomic E-state index is -0.520. The summed E-state index contributed by atoms with van der Waals surface area (Å²) in [6.45, 7) is -0.0579. The molecule has 8 nitrogen and oxygen atoms in total. The maximum absolute atomic E-state index is 13.2. The van der Waals surface area contributed by atoms with Gasteiger partial charge in [0, 0.05) is 11.9 Å². The lowest BCUT2D eigenvalue weighted by Gasteiger charge is -2.11. The third-order valence-electron chi connectivity index (χ3n) is 4.81. The van der Waals surface area contributed by atoms with Crippen molar-refractivity contribution in [2.75, 3.05) is 5.73 Å². The number of nitrogen functional groups attached to an aromatic ring is 1. The predicted molar refractivity (Wildman–Crippen MR) is 113 cm³/mol. The number of imidazole rings is 1. The van der Waals surface area contributed by atoms with Crippen LogP contribution in [0.4, 0.5) is 10.2 Å². The zero-order chi connectivity index (χ0) is 21.4. The predicted octanol–water partition coefficient (Wildman–Crippen LogP) is 3.15. The summed E-state index contributed by atoms with van der Waals surface area (Å²) in [6.07, 6.45) is 3.81. The number of aromatic nitrogens is 6. The van der Waals surface area contributed by atoms with E-state index in [2.05, 4.69) is 15.0 Å². The van der Waals surface area contributed by atoms with E-state index < -0.39 is 5.82 Å². The maximum Gasteiger partial charge on any atom is 0.178 e. The second kappa shape index (κ2) is 7.54. The van der Waals surface area contributed by atoms with Gasteiger partial charge in [-0.15, -0.1) is 0 Å². The number of halogens is 1. The van der Waals surface area contributed by atoms with Crippen molar-refractivity contribution in [2.24, 2.45) is 0 Å². The standard InChI is InChI=1S/C22H16FN7O/c23-14-10-26-20(27-11-14)17-7-8-18-22(28-17)30(15-5-3-13(12-31)4-6-15)21(29-18)16-2-1-9-25-19(16)24/h1-11,31H,12H2,(H2,24,25). The maximum atomic E-state index is 13.2. The molecule has 5 aromatic rings. The van der Waals surface area contributed by atoms with Gasteiger partial charge in [-0.3, -0.25) is 4.57 Å². The van der Waals surface area contributed by atoms with Crippen molar-refractivity contribution in [1.29, 1.82) is 0 Å². The molecule has 3 N–H and O–H groups in total. The van der Waals surface area contributed by atoms with E-state index in [4.69, 9.17) is 15.7 Å². The van der Waals surface area contributed by atoms with Crippen molar-refractivity contribution < 1.29 is 9.50 Å². The summed E-state index contributed by atoms with van der Waals surface area (Å²) < 4.78 is 15.1. The van der Waals surface area contributed by atoms with E-state index in [0.29, 0.717) is 39.9 Å². The molecule has 152 valence electrons. The second-order valence-corrected chi connectivity index (χ2v) is 6.80. The highest BCUT2D eigenvalue weighted by atomic mass is 19.1. The summed E-state index contributed by atoms with van der Waals surface area (Å²) >= 11 is 0. The van der Waals surface area contributed by atoms with Gasteiger partial charge in [0.2, 0.25) is 0 Å². The first-order valence-corrected chi connectivity index (χ1v) is 9.42. The van der Waals surface area contributed by atoms with Crippen LogP contribution >= 0.6 is 0 Å². The third kappa shape index (κ3) is 3.36. The van der Waals surface area contributed by atoms with Crippen LogP contribution in [0.25, 0.3) is 39.8 Å². The van der Waals surface area contributed by atoms with Crippen molar-refractivity contribution in [3.8, 4) is 28.6 Å². The van der Waals surface area contributed by atoms with Crippen LogP contribution in [-0.2, 0) is 6.61 Å². The fourth-order valence-corrected chi connectivity index (χ4v) is 3.31. The van der Waals surface area contributed by atoms with Crippen molar-refractivity contribution in [1.82, 2.24) is 29.5 Å².